The molecule has 0 N–H and O–H groups in total. The highest BCUT2D eigenvalue weighted by molar-refractivity contribution is 5.98. The number of carbonyl (C=O) groups excluding carboxylic acids is 1. The van der Waals surface area contributed by atoms with Crippen molar-refractivity contribution in [3.63, 3.8) is 0 Å². The highest BCUT2D eigenvalue weighted by atomic mass is 16.6. The number of ketones is 1. The monoisotopic (exact) mass is 299 g/mol. The largest absolute Gasteiger partial charge is 0.488 e. The quantitative estimate of drug-likeness (QED) is 0.437. The highest BCUT2D eigenvalue weighted by Crippen LogP contribution is 2.27. The van der Waals surface area contributed by atoms with E-state index in [1.165, 1.54) is 18.2 Å². The average Bonchev–Trinajstić information content (AvgIpc) is 2.53. The minimum Gasteiger partial charge on any atom is -0.488 e. The SMILES string of the molecule is CCCC(=O)c1ccc([N+](=O)[O-])cc1OCc1ccccc1. The Morgan fingerprint density at radius 1 is 1.18 bits per heavy atom. The van der Waals surface area contributed by atoms with Crippen molar-refractivity contribution in [2.45, 2.75) is 26.4 Å². The van der Waals surface area contributed by atoms with Crippen molar-refractivity contribution < 1.29 is 14.5 Å². The molecule has 0 saturated heterocycles. The Morgan fingerprint density at radius 3 is 2.55 bits per heavy atom. The van der Waals surface area contributed by atoms with E-state index in [1.807, 2.05) is 37.3 Å². The molecule has 2 rings (SSSR count). The number of hydrogen-bond acceptors (Lipinski definition) is 4. The third-order valence-electron chi connectivity index (χ3n) is 3.19. The van der Waals surface area contributed by atoms with Crippen LogP contribution in [0.1, 0.15) is 35.7 Å². The number of non-ortho nitro benzene ring substituents is 1. The number of ether oxygens (including phenoxy) is 1. The van der Waals surface area contributed by atoms with Gasteiger partial charge in [-0.1, -0.05) is 37.3 Å². The van der Waals surface area contributed by atoms with E-state index in [-0.39, 0.29) is 23.8 Å². The summed E-state index contributed by atoms with van der Waals surface area (Å²) in [5, 5.41) is 10.9. The summed E-state index contributed by atoms with van der Waals surface area (Å²) >= 11 is 0. The molecule has 0 aliphatic heterocycles. The zero-order valence-corrected chi connectivity index (χ0v) is 12.3. The molecule has 2 aromatic rings. The van der Waals surface area contributed by atoms with Gasteiger partial charge in [0, 0.05) is 12.5 Å². The van der Waals surface area contributed by atoms with Crippen molar-refractivity contribution in [1.29, 1.82) is 0 Å². The molecular formula is C17H17NO4. The summed E-state index contributed by atoms with van der Waals surface area (Å²) in [6.07, 6.45) is 1.10. The fraction of sp³-hybridized carbons (Fsp3) is 0.235. The molecule has 0 radical (unpaired) electrons. The summed E-state index contributed by atoms with van der Waals surface area (Å²) in [6.45, 7) is 2.17. The van der Waals surface area contributed by atoms with Crippen LogP contribution in [0.4, 0.5) is 5.69 Å². The lowest BCUT2D eigenvalue weighted by Crippen LogP contribution is -2.05. The Balaban J connectivity index is 2.26. The second-order valence-electron chi connectivity index (χ2n) is 4.89. The van der Waals surface area contributed by atoms with Crippen LogP contribution >= 0.6 is 0 Å². The van der Waals surface area contributed by atoms with E-state index in [9.17, 15) is 14.9 Å². The molecule has 0 spiro atoms. The summed E-state index contributed by atoms with van der Waals surface area (Å²) in [6, 6.07) is 13.6. The number of benzene rings is 2. The van der Waals surface area contributed by atoms with Crippen molar-refractivity contribution in [2.75, 3.05) is 0 Å². The topological polar surface area (TPSA) is 69.4 Å². The Morgan fingerprint density at radius 2 is 1.91 bits per heavy atom. The molecule has 0 aliphatic rings. The molecule has 114 valence electrons. The third kappa shape index (κ3) is 3.91. The molecule has 0 bridgehead atoms. The second-order valence-corrected chi connectivity index (χ2v) is 4.89. The van der Waals surface area contributed by atoms with Gasteiger partial charge in [-0.15, -0.1) is 0 Å². The molecular weight excluding hydrogens is 282 g/mol. The Hall–Kier alpha value is -2.69. The van der Waals surface area contributed by atoms with E-state index in [0.717, 1.165) is 5.56 Å². The molecule has 0 aromatic heterocycles. The zero-order valence-electron chi connectivity index (χ0n) is 12.3. The summed E-state index contributed by atoms with van der Waals surface area (Å²) in [7, 11) is 0. The van der Waals surface area contributed by atoms with Gasteiger partial charge in [0.1, 0.15) is 12.4 Å². The van der Waals surface area contributed by atoms with E-state index in [4.69, 9.17) is 4.74 Å². The highest BCUT2D eigenvalue weighted by Gasteiger charge is 2.16. The lowest BCUT2D eigenvalue weighted by molar-refractivity contribution is -0.384. The molecule has 2 aromatic carbocycles. The average molecular weight is 299 g/mol. The Kier molecular flexibility index (Phi) is 5.25. The maximum absolute atomic E-state index is 12.1. The Labute approximate surface area is 128 Å². The lowest BCUT2D eigenvalue weighted by atomic mass is 10.1. The molecule has 5 heteroatoms. The van der Waals surface area contributed by atoms with Crippen LogP contribution < -0.4 is 4.74 Å². The van der Waals surface area contributed by atoms with Crippen LogP contribution in [0.3, 0.4) is 0 Å². The predicted octanol–water partition coefficient (Wildman–Crippen LogP) is 4.16. The molecule has 5 nitrogen and oxygen atoms in total. The van der Waals surface area contributed by atoms with Gasteiger partial charge in [-0.2, -0.15) is 0 Å². The van der Waals surface area contributed by atoms with Gasteiger partial charge >= 0.3 is 0 Å². The molecule has 0 fully saturated rings. The number of rotatable bonds is 7. The van der Waals surface area contributed by atoms with E-state index >= 15 is 0 Å². The predicted molar refractivity (Wildman–Crippen MR) is 83.1 cm³/mol. The van der Waals surface area contributed by atoms with Gasteiger partial charge in [-0.05, 0) is 18.1 Å². The fourth-order valence-corrected chi connectivity index (χ4v) is 2.07. The van der Waals surface area contributed by atoms with Gasteiger partial charge in [0.2, 0.25) is 0 Å². The van der Waals surface area contributed by atoms with Crippen LogP contribution in [0.25, 0.3) is 0 Å². The molecule has 0 unspecified atom stereocenters. The van der Waals surface area contributed by atoms with E-state index in [2.05, 4.69) is 0 Å². The second kappa shape index (κ2) is 7.36. The number of hydrogen-bond donors (Lipinski definition) is 0. The van der Waals surface area contributed by atoms with Crippen LogP contribution in [0.15, 0.2) is 48.5 Å². The van der Waals surface area contributed by atoms with Gasteiger partial charge in [-0.3, -0.25) is 14.9 Å². The minimum absolute atomic E-state index is 0.0690. The number of carbonyl (C=O) groups is 1. The first kappa shape index (κ1) is 15.7. The van der Waals surface area contributed by atoms with Crippen molar-refractivity contribution in [1.82, 2.24) is 0 Å². The van der Waals surface area contributed by atoms with E-state index in [1.54, 1.807) is 0 Å². The van der Waals surface area contributed by atoms with Crippen molar-refractivity contribution in [3.8, 4) is 5.75 Å². The summed E-state index contributed by atoms with van der Waals surface area (Å²) < 4.78 is 5.66. The molecule has 0 atom stereocenters. The first-order valence-electron chi connectivity index (χ1n) is 7.10. The normalized spacial score (nSPS) is 10.2. The maximum Gasteiger partial charge on any atom is 0.273 e. The van der Waals surface area contributed by atoms with Gasteiger partial charge in [-0.25, -0.2) is 0 Å². The van der Waals surface area contributed by atoms with Crippen LogP contribution in [-0.4, -0.2) is 10.7 Å². The lowest BCUT2D eigenvalue weighted by Gasteiger charge is -2.10. The van der Waals surface area contributed by atoms with Gasteiger partial charge in [0.15, 0.2) is 5.78 Å². The molecule has 0 amide bonds. The number of nitro benzene ring substituents is 1. The van der Waals surface area contributed by atoms with E-state index < -0.39 is 4.92 Å². The standard InChI is InChI=1S/C17H17NO4/c1-2-6-16(19)15-10-9-14(18(20)21)11-17(15)22-12-13-7-4-3-5-8-13/h3-5,7-11H,2,6,12H2,1H3. The number of nitrogens with zero attached hydrogens (tertiary/aromatic N) is 1. The van der Waals surface area contributed by atoms with Crippen molar-refractivity contribution in [3.05, 3.63) is 69.8 Å². The molecule has 0 aliphatic carbocycles. The van der Waals surface area contributed by atoms with Crippen LogP contribution in [0.2, 0.25) is 0 Å². The smallest absolute Gasteiger partial charge is 0.273 e. The van der Waals surface area contributed by atoms with Crippen LogP contribution in [-0.2, 0) is 6.61 Å². The molecule has 0 heterocycles. The third-order valence-corrected chi connectivity index (χ3v) is 3.19. The van der Waals surface area contributed by atoms with Gasteiger partial charge in [0.25, 0.3) is 5.69 Å². The summed E-state index contributed by atoms with van der Waals surface area (Å²) in [5.41, 5.74) is 1.24. The molecule has 22 heavy (non-hydrogen) atoms. The molecule has 0 saturated carbocycles. The van der Waals surface area contributed by atoms with Crippen LogP contribution in [0, 0.1) is 10.1 Å². The summed E-state index contributed by atoms with van der Waals surface area (Å²) in [4.78, 5) is 22.5. The first-order chi connectivity index (χ1) is 10.6. The van der Waals surface area contributed by atoms with E-state index in [0.29, 0.717) is 18.4 Å². The fourth-order valence-electron chi connectivity index (χ4n) is 2.07. The minimum atomic E-state index is -0.497. The maximum atomic E-state index is 12.1. The van der Waals surface area contributed by atoms with Crippen molar-refractivity contribution >= 4 is 11.5 Å². The Bertz CT molecular complexity index is 668. The number of Topliss-reactive ketones (excluding diaryl/α,β-unsaturated/α-hetero) is 1. The van der Waals surface area contributed by atoms with Gasteiger partial charge in [0.05, 0.1) is 16.6 Å². The van der Waals surface area contributed by atoms with Gasteiger partial charge < -0.3 is 4.74 Å². The zero-order chi connectivity index (χ0) is 15.9. The number of nitro groups is 1. The summed E-state index contributed by atoms with van der Waals surface area (Å²) in [5.74, 6) is 0.192. The van der Waals surface area contributed by atoms with Crippen molar-refractivity contribution in [2.24, 2.45) is 0 Å². The first-order valence-corrected chi connectivity index (χ1v) is 7.10. The van der Waals surface area contributed by atoms with Crippen LogP contribution in [0.5, 0.6) is 5.75 Å².